The molecule has 0 radical (unpaired) electrons. The number of alkyl halides is 3. The second-order valence-electron chi connectivity index (χ2n) is 5.61. The van der Waals surface area contributed by atoms with Crippen LogP contribution < -0.4 is 5.32 Å². The fourth-order valence-corrected chi connectivity index (χ4v) is 2.82. The van der Waals surface area contributed by atoms with Gasteiger partial charge in [0, 0.05) is 29.1 Å². The van der Waals surface area contributed by atoms with Crippen LogP contribution in [0.5, 0.6) is 0 Å². The van der Waals surface area contributed by atoms with Crippen molar-refractivity contribution in [1.82, 2.24) is 4.98 Å². The van der Waals surface area contributed by atoms with Crippen LogP contribution in [0.15, 0.2) is 61.3 Å². The first-order valence-electron chi connectivity index (χ1n) is 7.80. The van der Waals surface area contributed by atoms with Crippen molar-refractivity contribution in [2.75, 3.05) is 11.9 Å². The van der Waals surface area contributed by atoms with Crippen molar-refractivity contribution in [3.8, 4) is 17.2 Å². The van der Waals surface area contributed by atoms with Gasteiger partial charge in [0.15, 0.2) is 0 Å². The van der Waals surface area contributed by atoms with Crippen LogP contribution in [0.1, 0.15) is 11.1 Å². The molecular formula is C20H14F3N3. The van der Waals surface area contributed by atoms with Gasteiger partial charge in [-0.25, -0.2) is 4.98 Å². The van der Waals surface area contributed by atoms with Gasteiger partial charge in [0.05, 0.1) is 17.2 Å². The minimum atomic E-state index is -4.52. The van der Waals surface area contributed by atoms with Gasteiger partial charge in [0.2, 0.25) is 0 Å². The standard InChI is InChI=1S/C20H14F3N3/c1-2-9-25-19-15-7-4-8-17(20(21,22)23)18(15)16(12-26-19)14-6-3-5-13(10-14)11-24/h2-8,10,12H,1,9H2,(H,25,26). The summed E-state index contributed by atoms with van der Waals surface area (Å²) in [6.45, 7) is 3.97. The van der Waals surface area contributed by atoms with Crippen LogP contribution in [0.25, 0.3) is 21.9 Å². The number of pyridine rings is 1. The number of hydrogen-bond donors (Lipinski definition) is 1. The first-order chi connectivity index (χ1) is 12.5. The van der Waals surface area contributed by atoms with Crippen LogP contribution in [0.3, 0.4) is 0 Å². The zero-order valence-corrected chi connectivity index (χ0v) is 13.6. The molecule has 0 saturated carbocycles. The third-order valence-corrected chi connectivity index (χ3v) is 3.93. The Morgan fingerprint density at radius 1 is 1.19 bits per heavy atom. The van der Waals surface area contributed by atoms with Crippen molar-refractivity contribution in [2.45, 2.75) is 6.18 Å². The summed E-state index contributed by atoms with van der Waals surface area (Å²) in [7, 11) is 0. The normalized spacial score (nSPS) is 11.2. The average molecular weight is 353 g/mol. The molecule has 2 aromatic carbocycles. The molecule has 130 valence electrons. The number of nitrogens with zero attached hydrogens (tertiary/aromatic N) is 2. The molecule has 0 atom stereocenters. The highest BCUT2D eigenvalue weighted by Gasteiger charge is 2.34. The van der Waals surface area contributed by atoms with Gasteiger partial charge in [0.1, 0.15) is 5.82 Å². The second-order valence-corrected chi connectivity index (χ2v) is 5.61. The Kier molecular flexibility index (Phi) is 4.63. The lowest BCUT2D eigenvalue weighted by Gasteiger charge is -2.16. The highest BCUT2D eigenvalue weighted by Crippen LogP contribution is 2.41. The molecule has 0 fully saturated rings. The molecule has 6 heteroatoms. The molecule has 0 aliphatic rings. The topological polar surface area (TPSA) is 48.7 Å². The molecule has 0 unspecified atom stereocenters. The van der Waals surface area contributed by atoms with E-state index in [1.54, 1.807) is 36.4 Å². The van der Waals surface area contributed by atoms with E-state index in [1.165, 1.54) is 12.3 Å². The van der Waals surface area contributed by atoms with Gasteiger partial charge in [-0.2, -0.15) is 18.4 Å². The molecule has 1 N–H and O–H groups in total. The molecule has 3 aromatic rings. The van der Waals surface area contributed by atoms with Gasteiger partial charge < -0.3 is 5.32 Å². The number of hydrogen-bond acceptors (Lipinski definition) is 3. The number of anilines is 1. The van der Waals surface area contributed by atoms with E-state index in [9.17, 15) is 13.2 Å². The maximum atomic E-state index is 13.6. The molecular weight excluding hydrogens is 339 g/mol. The molecule has 0 aliphatic carbocycles. The third-order valence-electron chi connectivity index (χ3n) is 3.93. The summed E-state index contributed by atoms with van der Waals surface area (Å²) in [4.78, 5) is 4.29. The summed E-state index contributed by atoms with van der Waals surface area (Å²) in [5, 5.41) is 12.5. The van der Waals surface area contributed by atoms with Crippen LogP contribution in [-0.2, 0) is 6.18 Å². The molecule has 0 spiro atoms. The van der Waals surface area contributed by atoms with Crippen molar-refractivity contribution in [3.05, 3.63) is 72.4 Å². The number of nitriles is 1. The van der Waals surface area contributed by atoms with Crippen molar-refractivity contribution >= 4 is 16.6 Å². The lowest BCUT2D eigenvalue weighted by Crippen LogP contribution is -2.08. The summed E-state index contributed by atoms with van der Waals surface area (Å²) in [6, 6.07) is 12.5. The van der Waals surface area contributed by atoms with E-state index in [0.717, 1.165) is 6.07 Å². The fraction of sp³-hybridized carbons (Fsp3) is 0.100. The van der Waals surface area contributed by atoms with Crippen LogP contribution in [0, 0.1) is 11.3 Å². The van der Waals surface area contributed by atoms with Crippen LogP contribution >= 0.6 is 0 Å². The summed E-state index contributed by atoms with van der Waals surface area (Å²) in [5.74, 6) is 0.353. The first kappa shape index (κ1) is 17.5. The monoisotopic (exact) mass is 353 g/mol. The summed E-state index contributed by atoms with van der Waals surface area (Å²) < 4.78 is 40.9. The van der Waals surface area contributed by atoms with Crippen molar-refractivity contribution in [2.24, 2.45) is 0 Å². The van der Waals surface area contributed by atoms with E-state index in [-0.39, 0.29) is 5.39 Å². The van der Waals surface area contributed by atoms with Gasteiger partial charge >= 0.3 is 6.18 Å². The quantitative estimate of drug-likeness (QED) is 0.640. The highest BCUT2D eigenvalue weighted by atomic mass is 19.4. The molecule has 1 aromatic heterocycles. The predicted molar refractivity (Wildman–Crippen MR) is 95.6 cm³/mol. The molecule has 1 heterocycles. The Balaban J connectivity index is 2.36. The smallest absolute Gasteiger partial charge is 0.366 e. The van der Waals surface area contributed by atoms with Crippen molar-refractivity contribution < 1.29 is 13.2 Å². The summed E-state index contributed by atoms with van der Waals surface area (Å²) >= 11 is 0. The number of aromatic nitrogens is 1. The Labute approximate surface area is 148 Å². The van der Waals surface area contributed by atoms with Gasteiger partial charge in [-0.05, 0) is 23.8 Å². The van der Waals surface area contributed by atoms with Crippen molar-refractivity contribution in [1.29, 1.82) is 5.26 Å². The molecule has 0 aliphatic heterocycles. The van der Waals surface area contributed by atoms with Gasteiger partial charge in [0.25, 0.3) is 0 Å². The number of nitrogens with one attached hydrogen (secondary N) is 1. The third kappa shape index (κ3) is 3.24. The second kappa shape index (κ2) is 6.89. The van der Waals surface area contributed by atoms with Gasteiger partial charge in [-0.1, -0.05) is 30.3 Å². The maximum Gasteiger partial charge on any atom is 0.417 e. The van der Waals surface area contributed by atoms with Crippen LogP contribution in [0.2, 0.25) is 0 Å². The molecule has 0 amide bonds. The number of halogens is 3. The van der Waals surface area contributed by atoms with Gasteiger partial charge in [-0.3, -0.25) is 0 Å². The fourth-order valence-electron chi connectivity index (χ4n) is 2.82. The zero-order valence-electron chi connectivity index (χ0n) is 13.6. The lowest BCUT2D eigenvalue weighted by atomic mass is 9.95. The number of fused-ring (bicyclic) bond motifs is 1. The molecule has 3 rings (SSSR count). The maximum absolute atomic E-state index is 13.6. The minimum Gasteiger partial charge on any atom is -0.366 e. The van der Waals surface area contributed by atoms with E-state index in [1.807, 2.05) is 6.07 Å². The molecule has 0 saturated heterocycles. The average Bonchev–Trinajstić information content (AvgIpc) is 2.64. The Morgan fingerprint density at radius 3 is 2.65 bits per heavy atom. The largest absolute Gasteiger partial charge is 0.417 e. The minimum absolute atomic E-state index is 0.0525. The molecule has 3 nitrogen and oxygen atoms in total. The van der Waals surface area contributed by atoms with E-state index < -0.39 is 11.7 Å². The van der Waals surface area contributed by atoms with Crippen molar-refractivity contribution in [3.63, 3.8) is 0 Å². The number of rotatable bonds is 4. The summed E-state index contributed by atoms with van der Waals surface area (Å²) in [6.07, 6.45) is -1.51. The first-order valence-corrected chi connectivity index (χ1v) is 7.80. The lowest BCUT2D eigenvalue weighted by molar-refractivity contribution is -0.136. The summed E-state index contributed by atoms with van der Waals surface area (Å²) in [5.41, 5.74) is 0.466. The van der Waals surface area contributed by atoms with E-state index in [0.29, 0.717) is 34.4 Å². The number of benzene rings is 2. The molecule has 26 heavy (non-hydrogen) atoms. The van der Waals surface area contributed by atoms with E-state index >= 15 is 0 Å². The van der Waals surface area contributed by atoms with E-state index in [4.69, 9.17) is 5.26 Å². The van der Waals surface area contributed by atoms with Gasteiger partial charge in [-0.15, -0.1) is 6.58 Å². The highest BCUT2D eigenvalue weighted by molar-refractivity contribution is 6.04. The van der Waals surface area contributed by atoms with Crippen LogP contribution in [0.4, 0.5) is 19.0 Å². The Bertz CT molecular complexity index is 1020. The Morgan fingerprint density at radius 2 is 1.96 bits per heavy atom. The van der Waals surface area contributed by atoms with Crippen LogP contribution in [-0.4, -0.2) is 11.5 Å². The molecule has 0 bridgehead atoms. The Hall–Kier alpha value is -3.33. The predicted octanol–water partition coefficient (Wildman–Crippen LogP) is 5.39. The zero-order chi connectivity index (χ0) is 18.7. The SMILES string of the molecule is C=CCNc1ncc(-c2cccc(C#N)c2)c2c(C(F)(F)F)cccc12. The van der Waals surface area contributed by atoms with E-state index in [2.05, 4.69) is 16.9 Å².